The number of hydrogen-bond donors (Lipinski definition) is 1. The van der Waals surface area contributed by atoms with Gasteiger partial charge in [0.15, 0.2) is 0 Å². The number of benzene rings is 1. The maximum atomic E-state index is 13.4. The summed E-state index contributed by atoms with van der Waals surface area (Å²) >= 11 is 1.57. The van der Waals surface area contributed by atoms with Crippen LogP contribution in [-0.4, -0.2) is 42.0 Å². The Bertz CT molecular complexity index is 832. The normalized spacial score (nSPS) is 27.0. The molecule has 4 rings (SSSR count). The number of nitrogens with zero attached hydrogens (tertiary/aromatic N) is 2. The van der Waals surface area contributed by atoms with Crippen molar-refractivity contribution < 1.29 is 9.53 Å². The molecule has 0 bridgehead atoms. The number of thiazole rings is 1. The Balaban J connectivity index is 1.64. The smallest absolute Gasteiger partial charge is 0.274 e. The fourth-order valence-corrected chi connectivity index (χ4v) is 5.84. The summed E-state index contributed by atoms with van der Waals surface area (Å²) in [5, 5.41) is 0.904. The highest BCUT2D eigenvalue weighted by Crippen LogP contribution is 2.45. The summed E-state index contributed by atoms with van der Waals surface area (Å²) in [6.45, 7) is 5.61. The maximum Gasteiger partial charge on any atom is 0.274 e. The highest BCUT2D eigenvalue weighted by atomic mass is 32.1. The Morgan fingerprint density at radius 1 is 1.33 bits per heavy atom. The van der Waals surface area contributed by atoms with E-state index in [2.05, 4.69) is 11.9 Å². The molecule has 2 aromatic rings. The molecule has 144 valence electrons. The van der Waals surface area contributed by atoms with Crippen LogP contribution in [0.25, 0.3) is 10.4 Å². The molecule has 1 aromatic carbocycles. The van der Waals surface area contributed by atoms with E-state index in [1.165, 1.54) is 12.8 Å². The number of nitrogens with two attached hydrogens (primary N) is 1. The van der Waals surface area contributed by atoms with Crippen LogP contribution in [0.5, 0.6) is 5.75 Å². The zero-order valence-electron chi connectivity index (χ0n) is 16.1. The van der Waals surface area contributed by atoms with Crippen LogP contribution >= 0.6 is 11.3 Å². The molecule has 1 saturated carbocycles. The molecule has 1 aromatic heterocycles. The number of hydrogen-bond acceptors (Lipinski definition) is 5. The van der Waals surface area contributed by atoms with Crippen LogP contribution in [0, 0.1) is 24.7 Å². The monoisotopic (exact) mass is 385 g/mol. The molecule has 6 heteroatoms. The highest BCUT2D eigenvalue weighted by molar-refractivity contribution is 7.15. The highest BCUT2D eigenvalue weighted by Gasteiger charge is 2.48. The van der Waals surface area contributed by atoms with E-state index in [1.807, 2.05) is 36.1 Å². The van der Waals surface area contributed by atoms with E-state index in [4.69, 9.17) is 10.5 Å². The average molecular weight is 386 g/mol. The first-order valence-electron chi connectivity index (χ1n) is 9.64. The lowest BCUT2D eigenvalue weighted by Gasteiger charge is -2.27. The van der Waals surface area contributed by atoms with Crippen molar-refractivity contribution in [1.82, 2.24) is 9.88 Å². The van der Waals surface area contributed by atoms with Gasteiger partial charge in [-0.1, -0.05) is 6.92 Å². The molecule has 27 heavy (non-hydrogen) atoms. The number of amides is 1. The van der Waals surface area contributed by atoms with Crippen LogP contribution < -0.4 is 10.5 Å². The van der Waals surface area contributed by atoms with Gasteiger partial charge in [0, 0.05) is 19.1 Å². The fraction of sp³-hybridized carbons (Fsp3) is 0.524. The second kappa shape index (κ2) is 7.24. The number of aryl methyl sites for hydroxylation is 1. The zero-order chi connectivity index (χ0) is 19.1. The third kappa shape index (κ3) is 3.25. The van der Waals surface area contributed by atoms with Crippen LogP contribution in [-0.2, 0) is 0 Å². The van der Waals surface area contributed by atoms with E-state index >= 15 is 0 Å². The molecule has 1 aliphatic carbocycles. The van der Waals surface area contributed by atoms with Gasteiger partial charge in [0.2, 0.25) is 0 Å². The first kappa shape index (κ1) is 18.4. The molecular formula is C21H27N3O2S. The molecule has 2 heterocycles. The van der Waals surface area contributed by atoms with Crippen molar-refractivity contribution in [3.8, 4) is 16.2 Å². The molecule has 2 N–H and O–H groups in total. The Morgan fingerprint density at radius 3 is 2.74 bits per heavy atom. The molecule has 0 spiro atoms. The van der Waals surface area contributed by atoms with E-state index in [0.717, 1.165) is 33.7 Å². The molecule has 1 saturated heterocycles. The summed E-state index contributed by atoms with van der Waals surface area (Å²) in [4.78, 5) is 21.0. The summed E-state index contributed by atoms with van der Waals surface area (Å²) < 4.78 is 5.25. The van der Waals surface area contributed by atoms with Crippen molar-refractivity contribution in [2.45, 2.75) is 32.7 Å². The van der Waals surface area contributed by atoms with E-state index in [-0.39, 0.29) is 11.9 Å². The number of methoxy groups -OCH3 is 1. The predicted molar refractivity (Wildman–Crippen MR) is 108 cm³/mol. The summed E-state index contributed by atoms with van der Waals surface area (Å²) in [5.74, 6) is 2.70. The molecule has 1 amide bonds. The van der Waals surface area contributed by atoms with Crippen LogP contribution in [0.1, 0.15) is 35.3 Å². The lowest BCUT2D eigenvalue weighted by molar-refractivity contribution is 0.0710. The Labute approximate surface area is 164 Å². The number of likely N-dealkylation sites (tertiary alicyclic amines) is 1. The first-order chi connectivity index (χ1) is 13.0. The largest absolute Gasteiger partial charge is 0.497 e. The summed E-state index contributed by atoms with van der Waals surface area (Å²) in [5.41, 5.74) is 7.67. The molecule has 4 atom stereocenters. The van der Waals surface area contributed by atoms with Gasteiger partial charge in [0.1, 0.15) is 11.4 Å². The summed E-state index contributed by atoms with van der Waals surface area (Å²) in [6, 6.07) is 7.96. The molecule has 2 fully saturated rings. The van der Waals surface area contributed by atoms with Gasteiger partial charge in [-0.3, -0.25) is 4.79 Å². The van der Waals surface area contributed by atoms with Crippen LogP contribution in [0.3, 0.4) is 0 Å². The number of aromatic nitrogens is 1. The number of ether oxygens (including phenoxy) is 1. The van der Waals surface area contributed by atoms with Gasteiger partial charge in [0.25, 0.3) is 5.91 Å². The predicted octanol–water partition coefficient (Wildman–Crippen LogP) is 3.57. The number of carbonyl (C=O) groups excluding carboxylic acids is 1. The van der Waals surface area contributed by atoms with Crippen molar-refractivity contribution in [2.75, 3.05) is 20.2 Å². The molecular weight excluding hydrogens is 358 g/mol. The van der Waals surface area contributed by atoms with Crippen molar-refractivity contribution in [3.05, 3.63) is 35.0 Å². The van der Waals surface area contributed by atoms with Gasteiger partial charge in [-0.2, -0.15) is 0 Å². The lowest BCUT2D eigenvalue weighted by Crippen LogP contribution is -2.43. The van der Waals surface area contributed by atoms with Crippen LogP contribution in [0.15, 0.2) is 24.3 Å². The molecule has 2 aliphatic rings. The van der Waals surface area contributed by atoms with Gasteiger partial charge in [0.05, 0.1) is 17.0 Å². The van der Waals surface area contributed by atoms with Crippen molar-refractivity contribution in [2.24, 2.45) is 23.5 Å². The van der Waals surface area contributed by atoms with E-state index in [0.29, 0.717) is 24.1 Å². The summed E-state index contributed by atoms with van der Waals surface area (Å²) in [7, 11) is 1.65. The third-order valence-corrected chi connectivity index (χ3v) is 7.12. The van der Waals surface area contributed by atoms with Crippen molar-refractivity contribution in [1.29, 1.82) is 0 Å². The van der Waals surface area contributed by atoms with Gasteiger partial charge in [-0.05, 0) is 67.3 Å². The van der Waals surface area contributed by atoms with Gasteiger partial charge in [-0.15, -0.1) is 11.3 Å². The Kier molecular flexibility index (Phi) is 4.95. The van der Waals surface area contributed by atoms with Crippen molar-refractivity contribution in [3.63, 3.8) is 0 Å². The Hall–Kier alpha value is -1.92. The SMILES string of the molecule is COc1ccc(-c2sc(C)nc2C(=O)N2C[C@@H]3CC(C)C[C@@H]3[C@H]2CN)cc1. The average Bonchev–Trinajstić information content (AvgIpc) is 3.32. The third-order valence-electron chi connectivity index (χ3n) is 6.10. The first-order valence-corrected chi connectivity index (χ1v) is 10.5. The quantitative estimate of drug-likeness (QED) is 0.874. The fourth-order valence-electron chi connectivity index (χ4n) is 4.93. The van der Waals surface area contributed by atoms with E-state index in [1.54, 1.807) is 18.4 Å². The number of carbonyl (C=O) groups is 1. The molecule has 1 aliphatic heterocycles. The standard InChI is InChI=1S/C21H27N3O2S/c1-12-8-15-11-24(18(10-22)17(15)9-12)21(25)19-20(27-13(2)23-19)14-4-6-16(26-3)7-5-14/h4-7,12,15,17-18H,8-11,22H2,1-3H3/t12?,15-,17-,18+/m0/s1. The molecule has 0 radical (unpaired) electrons. The molecule has 1 unspecified atom stereocenters. The minimum absolute atomic E-state index is 0.0303. The topological polar surface area (TPSA) is 68.5 Å². The lowest BCUT2D eigenvalue weighted by atomic mass is 9.94. The molecule has 5 nitrogen and oxygen atoms in total. The van der Waals surface area contributed by atoms with Crippen LogP contribution in [0.2, 0.25) is 0 Å². The van der Waals surface area contributed by atoms with Gasteiger partial charge < -0.3 is 15.4 Å². The van der Waals surface area contributed by atoms with E-state index in [9.17, 15) is 4.79 Å². The number of rotatable bonds is 4. The van der Waals surface area contributed by atoms with Crippen LogP contribution in [0.4, 0.5) is 0 Å². The van der Waals surface area contributed by atoms with E-state index < -0.39 is 0 Å². The number of fused-ring (bicyclic) bond motifs is 1. The Morgan fingerprint density at radius 2 is 2.07 bits per heavy atom. The van der Waals surface area contributed by atoms with Gasteiger partial charge >= 0.3 is 0 Å². The maximum absolute atomic E-state index is 13.4. The second-order valence-electron chi connectivity index (χ2n) is 7.90. The second-order valence-corrected chi connectivity index (χ2v) is 9.10. The zero-order valence-corrected chi connectivity index (χ0v) is 17.0. The van der Waals surface area contributed by atoms with Crippen molar-refractivity contribution >= 4 is 17.2 Å². The summed E-state index contributed by atoms with van der Waals surface area (Å²) in [6.07, 6.45) is 2.38. The minimum atomic E-state index is 0.0303. The van der Waals surface area contributed by atoms with Gasteiger partial charge in [-0.25, -0.2) is 4.98 Å². The minimum Gasteiger partial charge on any atom is -0.497 e.